The van der Waals surface area contributed by atoms with Crippen molar-refractivity contribution in [1.82, 2.24) is 9.42 Å². The quantitative estimate of drug-likeness (QED) is 0.719. The number of nitrogens with zero attached hydrogens (tertiary/aromatic N) is 2. The number of hydrazine groups is 1. The molecule has 0 fully saturated rings. The highest BCUT2D eigenvalue weighted by atomic mass is 32.2. The number of fused-ring (bicyclic) bond motifs is 1. The summed E-state index contributed by atoms with van der Waals surface area (Å²) >= 11 is 0. The Morgan fingerprint density at radius 3 is 2.67 bits per heavy atom. The minimum Gasteiger partial charge on any atom is -0.224 e. The minimum absolute atomic E-state index is 0.428. The molecule has 0 N–H and O–H groups in total. The van der Waals surface area contributed by atoms with E-state index in [9.17, 15) is 8.42 Å². The van der Waals surface area contributed by atoms with E-state index in [0.717, 1.165) is 5.56 Å². The molecule has 0 aliphatic carbocycles. The lowest BCUT2D eigenvalue weighted by atomic mass is 10.2. The van der Waals surface area contributed by atoms with Gasteiger partial charge in [-0.15, -0.1) is 4.41 Å². The Hall–Kier alpha value is -0.910. The fraction of sp³-hybridized carbons (Fsp3) is 0.400. The van der Waals surface area contributed by atoms with Gasteiger partial charge in [-0.1, -0.05) is 25.1 Å². The highest BCUT2D eigenvalue weighted by Gasteiger charge is 2.32. The Kier molecular flexibility index (Phi) is 2.54. The maximum atomic E-state index is 12.1. The first kappa shape index (κ1) is 10.6. The summed E-state index contributed by atoms with van der Waals surface area (Å²) in [6.45, 7) is 3.28. The summed E-state index contributed by atoms with van der Waals surface area (Å²) in [6, 6.07) is 7.15. The van der Waals surface area contributed by atoms with E-state index in [4.69, 9.17) is 0 Å². The number of hydrogen-bond acceptors (Lipinski definition) is 3. The number of hydrogen-bond donors (Lipinski definition) is 0. The Labute approximate surface area is 90.1 Å². The molecule has 0 aromatic heterocycles. The monoisotopic (exact) mass is 226 g/mol. The van der Waals surface area contributed by atoms with Crippen molar-refractivity contribution < 1.29 is 8.42 Å². The first-order chi connectivity index (χ1) is 7.07. The normalized spacial score (nSPS) is 21.2. The third kappa shape index (κ3) is 1.56. The summed E-state index contributed by atoms with van der Waals surface area (Å²) in [5, 5.41) is 1.80. The molecule has 0 radical (unpaired) electrons. The van der Waals surface area contributed by atoms with E-state index in [2.05, 4.69) is 0 Å². The van der Waals surface area contributed by atoms with Gasteiger partial charge in [0.05, 0.1) is 4.90 Å². The second kappa shape index (κ2) is 3.59. The smallest absolute Gasteiger partial charge is 0.224 e. The van der Waals surface area contributed by atoms with Crippen LogP contribution in [-0.4, -0.2) is 31.4 Å². The molecular formula is C10H14N2O2S. The highest BCUT2D eigenvalue weighted by Crippen LogP contribution is 2.27. The van der Waals surface area contributed by atoms with Gasteiger partial charge < -0.3 is 0 Å². The van der Waals surface area contributed by atoms with Crippen molar-refractivity contribution in [2.75, 3.05) is 13.6 Å². The summed E-state index contributed by atoms with van der Waals surface area (Å²) in [4.78, 5) is 0.428. The van der Waals surface area contributed by atoms with Crippen LogP contribution in [0.4, 0.5) is 0 Å². The zero-order valence-electron chi connectivity index (χ0n) is 8.84. The van der Waals surface area contributed by atoms with Gasteiger partial charge in [0.25, 0.3) is 10.0 Å². The number of rotatable bonds is 1. The van der Waals surface area contributed by atoms with Crippen molar-refractivity contribution in [3.63, 3.8) is 0 Å². The third-order valence-corrected chi connectivity index (χ3v) is 4.60. The van der Waals surface area contributed by atoms with Gasteiger partial charge in [-0.2, -0.15) is 0 Å². The van der Waals surface area contributed by atoms with Crippen LogP contribution in [0.15, 0.2) is 29.2 Å². The Balaban J connectivity index is 2.59. The Morgan fingerprint density at radius 1 is 1.33 bits per heavy atom. The highest BCUT2D eigenvalue weighted by molar-refractivity contribution is 7.89. The van der Waals surface area contributed by atoms with Crippen LogP contribution >= 0.6 is 0 Å². The fourth-order valence-electron chi connectivity index (χ4n) is 1.79. The predicted octanol–water partition coefficient (Wildman–Crippen LogP) is 1.06. The summed E-state index contributed by atoms with van der Waals surface area (Å²) < 4.78 is 25.4. The molecule has 0 saturated carbocycles. The van der Waals surface area contributed by atoms with Gasteiger partial charge in [0, 0.05) is 20.1 Å². The largest absolute Gasteiger partial charge is 0.256 e. The van der Waals surface area contributed by atoms with E-state index in [1.165, 1.54) is 4.41 Å². The molecule has 5 heteroatoms. The summed E-state index contributed by atoms with van der Waals surface area (Å²) in [5.41, 5.74) is 0.873. The van der Waals surface area contributed by atoms with E-state index >= 15 is 0 Å². The zero-order chi connectivity index (χ0) is 11.1. The molecule has 0 unspecified atom stereocenters. The van der Waals surface area contributed by atoms with Crippen molar-refractivity contribution in [3.8, 4) is 0 Å². The molecule has 0 bridgehead atoms. The van der Waals surface area contributed by atoms with Gasteiger partial charge in [0.1, 0.15) is 0 Å². The SMILES string of the molecule is CCN1Cc2ccccc2S(=O)(=O)N1C. The maximum Gasteiger partial charge on any atom is 0.256 e. The van der Waals surface area contributed by atoms with Crippen molar-refractivity contribution in [2.45, 2.75) is 18.4 Å². The van der Waals surface area contributed by atoms with Gasteiger partial charge in [0.15, 0.2) is 0 Å². The van der Waals surface area contributed by atoms with Gasteiger partial charge in [-0.25, -0.2) is 13.4 Å². The first-order valence-corrected chi connectivity index (χ1v) is 6.33. The Bertz CT molecular complexity index is 470. The van der Waals surface area contributed by atoms with Crippen LogP contribution in [0.2, 0.25) is 0 Å². The molecular weight excluding hydrogens is 212 g/mol. The molecule has 2 rings (SSSR count). The predicted molar refractivity (Wildman–Crippen MR) is 57.5 cm³/mol. The summed E-state index contributed by atoms with van der Waals surface area (Å²) in [7, 11) is -1.73. The van der Waals surface area contributed by atoms with Gasteiger partial charge in [0.2, 0.25) is 0 Å². The van der Waals surface area contributed by atoms with Crippen molar-refractivity contribution >= 4 is 10.0 Å². The van der Waals surface area contributed by atoms with Crippen molar-refractivity contribution in [3.05, 3.63) is 29.8 Å². The Morgan fingerprint density at radius 2 is 2.00 bits per heavy atom. The molecule has 15 heavy (non-hydrogen) atoms. The lowest BCUT2D eigenvalue weighted by molar-refractivity contribution is 0.0729. The molecule has 0 atom stereocenters. The first-order valence-electron chi connectivity index (χ1n) is 4.89. The molecule has 0 saturated heterocycles. The van der Waals surface area contributed by atoms with E-state index < -0.39 is 10.0 Å². The van der Waals surface area contributed by atoms with Crippen LogP contribution in [0.3, 0.4) is 0 Å². The lowest BCUT2D eigenvalue weighted by Crippen LogP contribution is -2.46. The fourth-order valence-corrected chi connectivity index (χ4v) is 3.26. The summed E-state index contributed by atoms with van der Waals surface area (Å²) in [6.07, 6.45) is 0. The molecule has 1 aliphatic rings. The van der Waals surface area contributed by atoms with Crippen LogP contribution in [0.25, 0.3) is 0 Å². The lowest BCUT2D eigenvalue weighted by Gasteiger charge is -2.35. The molecule has 0 amide bonds. The average molecular weight is 226 g/mol. The van der Waals surface area contributed by atoms with Gasteiger partial charge in [-0.3, -0.25) is 0 Å². The zero-order valence-corrected chi connectivity index (χ0v) is 9.66. The second-order valence-electron chi connectivity index (χ2n) is 3.53. The standard InChI is InChI=1S/C10H14N2O2S/c1-3-12-8-9-6-4-5-7-10(9)15(13,14)11(12)2/h4-7H,3,8H2,1-2H3. The van der Waals surface area contributed by atoms with Crippen LogP contribution in [-0.2, 0) is 16.6 Å². The van der Waals surface area contributed by atoms with E-state index in [1.54, 1.807) is 24.2 Å². The molecule has 1 aromatic rings. The second-order valence-corrected chi connectivity index (χ2v) is 5.45. The van der Waals surface area contributed by atoms with Crippen molar-refractivity contribution in [2.24, 2.45) is 0 Å². The molecule has 0 spiro atoms. The maximum absolute atomic E-state index is 12.1. The van der Waals surface area contributed by atoms with E-state index in [-0.39, 0.29) is 0 Å². The third-order valence-electron chi connectivity index (χ3n) is 2.71. The van der Waals surface area contributed by atoms with Crippen LogP contribution in [0, 0.1) is 0 Å². The number of benzene rings is 1. The van der Waals surface area contributed by atoms with E-state index in [0.29, 0.717) is 18.0 Å². The van der Waals surface area contributed by atoms with Crippen LogP contribution in [0.5, 0.6) is 0 Å². The minimum atomic E-state index is -3.32. The topological polar surface area (TPSA) is 40.6 Å². The molecule has 4 nitrogen and oxygen atoms in total. The van der Waals surface area contributed by atoms with Crippen molar-refractivity contribution in [1.29, 1.82) is 0 Å². The molecule has 1 aliphatic heterocycles. The number of sulfonamides is 1. The molecule has 82 valence electrons. The average Bonchev–Trinajstić information content (AvgIpc) is 2.24. The van der Waals surface area contributed by atoms with E-state index in [1.807, 2.05) is 19.1 Å². The summed E-state index contributed by atoms with van der Waals surface area (Å²) in [5.74, 6) is 0. The van der Waals surface area contributed by atoms with Gasteiger partial charge in [-0.05, 0) is 11.6 Å². The van der Waals surface area contributed by atoms with Crippen LogP contribution in [0.1, 0.15) is 12.5 Å². The van der Waals surface area contributed by atoms with Crippen LogP contribution < -0.4 is 0 Å². The molecule has 1 heterocycles. The van der Waals surface area contributed by atoms with Gasteiger partial charge >= 0.3 is 0 Å². The molecule has 1 aromatic carbocycles.